The van der Waals surface area contributed by atoms with Gasteiger partial charge in [0.15, 0.2) is 11.5 Å². The minimum Gasteiger partial charge on any atom is -0.508 e. The molecule has 0 aliphatic carbocycles. The Labute approximate surface area is 200 Å². The Hall–Kier alpha value is -2.70. The van der Waals surface area contributed by atoms with Crippen LogP contribution in [0.3, 0.4) is 0 Å². The van der Waals surface area contributed by atoms with Crippen LogP contribution < -0.4 is 10.1 Å². The fourth-order valence-electron chi connectivity index (χ4n) is 6.91. The Bertz CT molecular complexity index is 1220. The molecular formula is C28H35N3O3. The van der Waals surface area contributed by atoms with Crippen molar-refractivity contribution in [2.75, 3.05) is 26.7 Å². The predicted octanol–water partition coefficient (Wildman–Crippen LogP) is 4.81. The van der Waals surface area contributed by atoms with Crippen LogP contribution in [0, 0.1) is 11.8 Å². The molecule has 0 amide bonds. The molecule has 4 atom stereocenters. The second-order valence-corrected chi connectivity index (χ2v) is 10.4. The van der Waals surface area contributed by atoms with Gasteiger partial charge in [-0.05, 0) is 91.1 Å². The first-order valence-corrected chi connectivity index (χ1v) is 12.8. The van der Waals surface area contributed by atoms with Crippen LogP contribution in [0.2, 0.25) is 0 Å². The van der Waals surface area contributed by atoms with E-state index in [4.69, 9.17) is 4.74 Å². The molecule has 0 saturated carbocycles. The highest BCUT2D eigenvalue weighted by atomic mass is 16.5. The van der Waals surface area contributed by atoms with E-state index in [-0.39, 0.29) is 5.75 Å². The average Bonchev–Trinajstić information content (AvgIpc) is 3.22. The molecule has 4 unspecified atom stereocenters. The van der Waals surface area contributed by atoms with E-state index in [9.17, 15) is 10.2 Å². The molecular weight excluding hydrogens is 426 g/mol. The van der Waals surface area contributed by atoms with Gasteiger partial charge < -0.3 is 25.3 Å². The lowest BCUT2D eigenvalue weighted by atomic mass is 9.73. The number of aromatic nitrogens is 1. The zero-order chi connectivity index (χ0) is 23.4. The van der Waals surface area contributed by atoms with Gasteiger partial charge in [-0.3, -0.25) is 4.90 Å². The van der Waals surface area contributed by atoms with Gasteiger partial charge in [0.05, 0.1) is 7.11 Å². The largest absolute Gasteiger partial charge is 0.508 e. The van der Waals surface area contributed by atoms with Gasteiger partial charge in [-0.25, -0.2) is 0 Å². The lowest BCUT2D eigenvalue weighted by Gasteiger charge is -2.48. The predicted molar refractivity (Wildman–Crippen MR) is 134 cm³/mol. The summed E-state index contributed by atoms with van der Waals surface area (Å²) in [7, 11) is 1.62. The Morgan fingerprint density at radius 1 is 1.12 bits per heavy atom. The molecule has 3 aromatic rings. The number of H-pyrrole nitrogens is 1. The molecule has 1 saturated heterocycles. The molecule has 4 heterocycles. The summed E-state index contributed by atoms with van der Waals surface area (Å²) in [6.45, 7) is 5.50. The summed E-state index contributed by atoms with van der Waals surface area (Å²) >= 11 is 0. The summed E-state index contributed by atoms with van der Waals surface area (Å²) in [5.41, 5.74) is 6.38. The van der Waals surface area contributed by atoms with E-state index in [1.165, 1.54) is 28.8 Å². The molecule has 34 heavy (non-hydrogen) atoms. The molecule has 180 valence electrons. The van der Waals surface area contributed by atoms with Gasteiger partial charge >= 0.3 is 0 Å². The molecule has 1 fully saturated rings. The molecule has 3 aliphatic rings. The second-order valence-electron chi connectivity index (χ2n) is 10.4. The smallest absolute Gasteiger partial charge is 0.160 e. The summed E-state index contributed by atoms with van der Waals surface area (Å²) in [6, 6.07) is 10.3. The first-order valence-electron chi connectivity index (χ1n) is 12.8. The van der Waals surface area contributed by atoms with E-state index in [0.29, 0.717) is 35.4 Å². The molecule has 0 bridgehead atoms. The number of phenolic OH excluding ortho intramolecular Hbond substituents is 2. The third-order valence-corrected chi connectivity index (χ3v) is 8.67. The number of nitrogens with zero attached hydrogens (tertiary/aromatic N) is 1. The van der Waals surface area contributed by atoms with Gasteiger partial charge in [-0.1, -0.05) is 13.3 Å². The van der Waals surface area contributed by atoms with Crippen LogP contribution in [0.5, 0.6) is 17.2 Å². The van der Waals surface area contributed by atoms with Gasteiger partial charge in [-0.2, -0.15) is 0 Å². The quantitative estimate of drug-likeness (QED) is 0.448. The lowest BCUT2D eigenvalue weighted by molar-refractivity contribution is 0.0433. The first-order chi connectivity index (χ1) is 16.6. The number of piperidine rings is 1. The second kappa shape index (κ2) is 8.51. The number of methoxy groups -OCH3 is 1. The number of ether oxygens (including phenoxy) is 1. The third kappa shape index (κ3) is 3.55. The Kier molecular flexibility index (Phi) is 5.46. The number of hydrogen-bond acceptors (Lipinski definition) is 5. The highest BCUT2D eigenvalue weighted by Crippen LogP contribution is 2.47. The molecule has 4 N–H and O–H groups in total. The van der Waals surface area contributed by atoms with Crippen molar-refractivity contribution in [1.29, 1.82) is 0 Å². The van der Waals surface area contributed by atoms with Gasteiger partial charge in [0.25, 0.3) is 0 Å². The number of fused-ring (bicyclic) bond motifs is 6. The zero-order valence-electron chi connectivity index (χ0n) is 20.1. The summed E-state index contributed by atoms with van der Waals surface area (Å²) < 4.78 is 5.38. The minimum absolute atomic E-state index is 0.247. The van der Waals surface area contributed by atoms with Crippen molar-refractivity contribution >= 4 is 10.9 Å². The van der Waals surface area contributed by atoms with Crippen LogP contribution in [0.25, 0.3) is 10.9 Å². The van der Waals surface area contributed by atoms with Crippen molar-refractivity contribution in [3.05, 3.63) is 52.7 Å². The standard InChI is InChI=1S/C28H35N3O3/c1-3-16-15-31-9-7-17-12-27(34-2)26(33)14-21(17)25(31)11-18(16)10-24-28-20(6-8-29-24)22-13-19(32)4-5-23(22)30-28/h4-5,12-14,16,18,24-25,29-30,32-33H,3,6-11,15H2,1-2H3. The summed E-state index contributed by atoms with van der Waals surface area (Å²) in [5, 5.41) is 25.5. The van der Waals surface area contributed by atoms with Gasteiger partial charge in [0.2, 0.25) is 0 Å². The number of nitrogens with one attached hydrogen (secondary N) is 2. The summed E-state index contributed by atoms with van der Waals surface area (Å²) in [4.78, 5) is 6.32. The molecule has 6 rings (SSSR count). The number of aromatic hydroxyl groups is 2. The Morgan fingerprint density at radius 2 is 2.00 bits per heavy atom. The van der Waals surface area contributed by atoms with Crippen molar-refractivity contribution in [2.24, 2.45) is 11.8 Å². The number of rotatable bonds is 4. The van der Waals surface area contributed by atoms with E-state index < -0.39 is 0 Å². The molecule has 0 radical (unpaired) electrons. The molecule has 1 aromatic heterocycles. The van der Waals surface area contributed by atoms with E-state index in [0.717, 1.165) is 56.2 Å². The average molecular weight is 462 g/mol. The lowest BCUT2D eigenvalue weighted by Crippen LogP contribution is -2.46. The van der Waals surface area contributed by atoms with Crippen LogP contribution >= 0.6 is 0 Å². The van der Waals surface area contributed by atoms with Crippen molar-refractivity contribution < 1.29 is 14.9 Å². The van der Waals surface area contributed by atoms with E-state index in [1.54, 1.807) is 13.2 Å². The van der Waals surface area contributed by atoms with Crippen molar-refractivity contribution in [3.8, 4) is 17.2 Å². The first kappa shape index (κ1) is 21.8. The highest BCUT2D eigenvalue weighted by molar-refractivity contribution is 5.86. The molecule has 0 spiro atoms. The van der Waals surface area contributed by atoms with Crippen molar-refractivity contribution in [1.82, 2.24) is 15.2 Å². The molecule has 6 heteroatoms. The van der Waals surface area contributed by atoms with Gasteiger partial charge in [-0.15, -0.1) is 0 Å². The molecule has 2 aromatic carbocycles. The van der Waals surface area contributed by atoms with Crippen molar-refractivity contribution in [3.63, 3.8) is 0 Å². The van der Waals surface area contributed by atoms with Crippen LogP contribution in [0.15, 0.2) is 30.3 Å². The van der Waals surface area contributed by atoms with E-state index in [1.807, 2.05) is 24.3 Å². The maximum atomic E-state index is 10.5. The topological polar surface area (TPSA) is 80.8 Å². The number of phenols is 2. The highest BCUT2D eigenvalue weighted by Gasteiger charge is 2.40. The van der Waals surface area contributed by atoms with Crippen LogP contribution in [0.4, 0.5) is 0 Å². The number of aromatic amines is 1. The normalized spacial score (nSPS) is 26.6. The zero-order valence-corrected chi connectivity index (χ0v) is 20.1. The third-order valence-electron chi connectivity index (χ3n) is 8.67. The summed E-state index contributed by atoms with van der Waals surface area (Å²) in [6.07, 6.45) is 5.41. The Balaban J connectivity index is 1.30. The fraction of sp³-hybridized carbons (Fsp3) is 0.500. The molecule has 3 aliphatic heterocycles. The van der Waals surface area contributed by atoms with Crippen molar-refractivity contribution in [2.45, 2.75) is 51.1 Å². The SMILES string of the molecule is CCC1CN2CCc3cc(OC)c(O)cc3C2CC1CC1NCCc2c1[nH]c1ccc(O)cc21. The van der Waals surface area contributed by atoms with E-state index >= 15 is 0 Å². The summed E-state index contributed by atoms with van der Waals surface area (Å²) in [5.74, 6) is 2.43. The molecule has 6 nitrogen and oxygen atoms in total. The monoisotopic (exact) mass is 461 g/mol. The fourth-order valence-corrected chi connectivity index (χ4v) is 6.91. The maximum absolute atomic E-state index is 10.5. The van der Waals surface area contributed by atoms with Crippen LogP contribution in [-0.4, -0.2) is 46.8 Å². The number of hydrogen-bond donors (Lipinski definition) is 4. The number of benzene rings is 2. The van der Waals surface area contributed by atoms with Crippen LogP contribution in [0.1, 0.15) is 60.7 Å². The minimum atomic E-state index is 0.247. The van der Waals surface area contributed by atoms with E-state index in [2.05, 4.69) is 22.1 Å². The van der Waals surface area contributed by atoms with Crippen LogP contribution in [-0.2, 0) is 12.8 Å². The maximum Gasteiger partial charge on any atom is 0.160 e. The van der Waals surface area contributed by atoms with Gasteiger partial charge in [0, 0.05) is 41.8 Å². The van der Waals surface area contributed by atoms with Gasteiger partial charge in [0.1, 0.15) is 5.75 Å². The Morgan fingerprint density at radius 3 is 2.82 bits per heavy atom.